The Morgan fingerprint density at radius 1 is 1.14 bits per heavy atom. The van der Waals surface area contributed by atoms with Crippen LogP contribution in [0, 0.1) is 0 Å². The van der Waals surface area contributed by atoms with Crippen molar-refractivity contribution < 1.29 is 17.9 Å². The molecule has 0 saturated carbocycles. The quantitative estimate of drug-likeness (QED) is 0.647. The van der Waals surface area contributed by atoms with Crippen LogP contribution >= 0.6 is 11.6 Å². The number of hydrogen-bond acceptors (Lipinski definition) is 4. The van der Waals surface area contributed by atoms with Crippen molar-refractivity contribution in [1.82, 2.24) is 10.0 Å². The smallest absolute Gasteiger partial charge is 0.245 e. The van der Waals surface area contributed by atoms with Gasteiger partial charge in [-0.1, -0.05) is 41.9 Å². The van der Waals surface area contributed by atoms with Crippen molar-refractivity contribution in [2.24, 2.45) is 0 Å². The number of methoxy groups -OCH3 is 1. The van der Waals surface area contributed by atoms with Crippen LogP contribution < -0.4 is 14.8 Å². The van der Waals surface area contributed by atoms with E-state index < -0.39 is 22.0 Å². The molecule has 152 valence electrons. The molecule has 2 rings (SSSR count). The number of nitrogens with one attached hydrogen (secondary N) is 2. The van der Waals surface area contributed by atoms with Gasteiger partial charge in [0.15, 0.2) is 0 Å². The molecule has 0 saturated heterocycles. The zero-order valence-corrected chi connectivity index (χ0v) is 17.7. The molecule has 2 N–H and O–H groups in total. The minimum Gasteiger partial charge on any atom is -0.495 e. The summed E-state index contributed by atoms with van der Waals surface area (Å²) in [5, 5.41) is 3.10. The highest BCUT2D eigenvalue weighted by atomic mass is 35.5. The molecule has 8 heteroatoms. The zero-order chi connectivity index (χ0) is 20.7. The van der Waals surface area contributed by atoms with E-state index in [0.29, 0.717) is 0 Å². The predicted octanol–water partition coefficient (Wildman–Crippen LogP) is 3.15. The molecular weight excluding hydrogens is 400 g/mol. The minimum atomic E-state index is -3.98. The maximum Gasteiger partial charge on any atom is 0.245 e. The summed E-state index contributed by atoms with van der Waals surface area (Å²) in [6.07, 6.45) is 1.57. The summed E-state index contributed by atoms with van der Waals surface area (Å²) in [5.74, 6) is -0.245. The molecule has 0 heterocycles. The number of ether oxygens (including phenoxy) is 1. The second kappa shape index (κ2) is 9.91. The molecule has 0 aliphatic rings. The highest BCUT2D eigenvalue weighted by molar-refractivity contribution is 7.89. The largest absolute Gasteiger partial charge is 0.495 e. The van der Waals surface area contributed by atoms with Crippen LogP contribution in [0.2, 0.25) is 5.02 Å². The number of rotatable bonds is 9. The SMILES string of the molecule is COc1ccc(Cl)cc1S(=O)(=O)N[C@H](C)C(=O)N[C@@H](C)CCc1ccccc1. The molecule has 28 heavy (non-hydrogen) atoms. The number of amides is 1. The van der Waals surface area contributed by atoms with Gasteiger partial charge in [0.2, 0.25) is 15.9 Å². The van der Waals surface area contributed by atoms with Crippen LogP contribution in [-0.2, 0) is 21.2 Å². The van der Waals surface area contributed by atoms with Crippen LogP contribution in [0.25, 0.3) is 0 Å². The number of hydrogen-bond donors (Lipinski definition) is 2. The fraction of sp³-hybridized carbons (Fsp3) is 0.350. The van der Waals surface area contributed by atoms with Gasteiger partial charge in [0, 0.05) is 11.1 Å². The topological polar surface area (TPSA) is 84.5 Å². The number of carbonyl (C=O) groups is 1. The monoisotopic (exact) mass is 424 g/mol. The van der Waals surface area contributed by atoms with Crippen molar-refractivity contribution in [1.29, 1.82) is 0 Å². The van der Waals surface area contributed by atoms with Gasteiger partial charge < -0.3 is 10.1 Å². The van der Waals surface area contributed by atoms with Gasteiger partial charge in [-0.25, -0.2) is 8.42 Å². The normalized spacial score (nSPS) is 13.6. The van der Waals surface area contributed by atoms with Crippen molar-refractivity contribution in [3.05, 3.63) is 59.1 Å². The van der Waals surface area contributed by atoms with E-state index in [0.717, 1.165) is 12.8 Å². The average Bonchev–Trinajstić information content (AvgIpc) is 2.66. The van der Waals surface area contributed by atoms with Crippen LogP contribution in [0.5, 0.6) is 5.75 Å². The Kier molecular flexibility index (Phi) is 7.86. The lowest BCUT2D eigenvalue weighted by molar-refractivity contribution is -0.123. The van der Waals surface area contributed by atoms with Crippen LogP contribution in [0.15, 0.2) is 53.4 Å². The van der Waals surface area contributed by atoms with E-state index in [9.17, 15) is 13.2 Å². The number of aryl methyl sites for hydroxylation is 1. The van der Waals surface area contributed by atoms with E-state index in [1.165, 1.54) is 37.8 Å². The summed E-state index contributed by atoms with van der Waals surface area (Å²) in [6.45, 7) is 3.38. The maximum atomic E-state index is 12.6. The first-order valence-electron chi connectivity index (χ1n) is 8.93. The summed E-state index contributed by atoms with van der Waals surface area (Å²) in [5.41, 5.74) is 1.19. The lowest BCUT2D eigenvalue weighted by Crippen LogP contribution is -2.47. The average molecular weight is 425 g/mol. The minimum absolute atomic E-state index is 0.0969. The van der Waals surface area contributed by atoms with E-state index in [-0.39, 0.29) is 21.7 Å². The van der Waals surface area contributed by atoms with Crippen LogP contribution in [-0.4, -0.2) is 33.5 Å². The van der Waals surface area contributed by atoms with Gasteiger partial charge in [-0.05, 0) is 50.5 Å². The van der Waals surface area contributed by atoms with Crippen LogP contribution in [0.3, 0.4) is 0 Å². The molecule has 6 nitrogen and oxygen atoms in total. The van der Waals surface area contributed by atoms with Gasteiger partial charge in [-0.2, -0.15) is 4.72 Å². The van der Waals surface area contributed by atoms with Gasteiger partial charge in [-0.15, -0.1) is 0 Å². The Morgan fingerprint density at radius 3 is 2.46 bits per heavy atom. The van der Waals surface area contributed by atoms with E-state index in [4.69, 9.17) is 16.3 Å². The lowest BCUT2D eigenvalue weighted by Gasteiger charge is -2.19. The molecule has 0 fully saturated rings. The van der Waals surface area contributed by atoms with Gasteiger partial charge in [0.25, 0.3) is 0 Å². The molecule has 0 radical (unpaired) electrons. The fourth-order valence-electron chi connectivity index (χ4n) is 2.68. The Balaban J connectivity index is 1.96. The first-order chi connectivity index (χ1) is 13.2. The van der Waals surface area contributed by atoms with E-state index in [1.54, 1.807) is 0 Å². The van der Waals surface area contributed by atoms with Crippen molar-refractivity contribution in [2.75, 3.05) is 7.11 Å². The third-order valence-corrected chi connectivity index (χ3v) is 6.03. The van der Waals surface area contributed by atoms with Crippen LogP contribution in [0.4, 0.5) is 0 Å². The molecule has 0 aromatic heterocycles. The zero-order valence-electron chi connectivity index (χ0n) is 16.1. The number of benzene rings is 2. The number of halogens is 1. The Morgan fingerprint density at radius 2 is 1.82 bits per heavy atom. The van der Waals surface area contributed by atoms with Crippen molar-refractivity contribution >= 4 is 27.5 Å². The highest BCUT2D eigenvalue weighted by Crippen LogP contribution is 2.27. The molecule has 0 unspecified atom stereocenters. The summed E-state index contributed by atoms with van der Waals surface area (Å²) in [7, 11) is -2.61. The maximum absolute atomic E-state index is 12.6. The molecule has 2 atom stereocenters. The third kappa shape index (κ3) is 6.22. The van der Waals surface area contributed by atoms with E-state index >= 15 is 0 Å². The predicted molar refractivity (Wildman–Crippen MR) is 110 cm³/mol. The molecule has 0 bridgehead atoms. The number of sulfonamides is 1. The fourth-order valence-corrected chi connectivity index (χ4v) is 4.31. The second-order valence-electron chi connectivity index (χ2n) is 6.57. The van der Waals surface area contributed by atoms with Crippen molar-refractivity contribution in [2.45, 2.75) is 43.7 Å². The highest BCUT2D eigenvalue weighted by Gasteiger charge is 2.26. The molecule has 2 aromatic rings. The molecular formula is C20H25ClN2O4S. The summed E-state index contributed by atoms with van der Waals surface area (Å²) < 4.78 is 32.8. The van der Waals surface area contributed by atoms with Crippen molar-refractivity contribution in [3.8, 4) is 5.75 Å². The van der Waals surface area contributed by atoms with Crippen LogP contribution in [0.1, 0.15) is 25.8 Å². The molecule has 0 aliphatic carbocycles. The first-order valence-corrected chi connectivity index (χ1v) is 10.8. The Bertz CT molecular complexity index is 904. The second-order valence-corrected chi connectivity index (χ2v) is 8.69. The summed E-state index contributed by atoms with van der Waals surface area (Å²) in [4.78, 5) is 12.3. The Hall–Kier alpha value is -2.09. The summed E-state index contributed by atoms with van der Waals surface area (Å²) >= 11 is 5.91. The number of carbonyl (C=O) groups excluding carboxylic acids is 1. The lowest BCUT2D eigenvalue weighted by atomic mass is 10.1. The molecule has 0 aliphatic heterocycles. The van der Waals surface area contributed by atoms with Crippen molar-refractivity contribution in [3.63, 3.8) is 0 Å². The van der Waals surface area contributed by atoms with E-state index in [1.807, 2.05) is 37.3 Å². The first kappa shape index (κ1) is 22.2. The third-order valence-electron chi connectivity index (χ3n) is 4.24. The van der Waals surface area contributed by atoms with E-state index in [2.05, 4.69) is 10.0 Å². The standard InChI is InChI=1S/C20H25ClN2O4S/c1-14(9-10-16-7-5-4-6-8-16)22-20(24)15(2)23-28(25,26)19-13-17(21)11-12-18(19)27-3/h4-8,11-15,23H,9-10H2,1-3H3,(H,22,24)/t14-,15+/m0/s1. The molecule has 1 amide bonds. The summed E-state index contributed by atoms with van der Waals surface area (Å²) in [6, 6.07) is 13.2. The van der Waals surface area contributed by atoms with Gasteiger partial charge in [0.1, 0.15) is 10.6 Å². The molecule has 0 spiro atoms. The Labute approximate surface area is 171 Å². The van der Waals surface area contributed by atoms with Gasteiger partial charge >= 0.3 is 0 Å². The van der Waals surface area contributed by atoms with Gasteiger partial charge in [-0.3, -0.25) is 4.79 Å². The molecule has 2 aromatic carbocycles. The van der Waals surface area contributed by atoms with Gasteiger partial charge in [0.05, 0.1) is 13.2 Å².